The molecule has 0 spiro atoms. The number of ether oxygens (including phenoxy) is 3. The van der Waals surface area contributed by atoms with Crippen LogP contribution in [0.5, 0.6) is 0 Å². The van der Waals surface area contributed by atoms with Crippen LogP contribution >= 0.6 is 0 Å². The van der Waals surface area contributed by atoms with Crippen molar-refractivity contribution in [2.75, 3.05) is 13.2 Å². The van der Waals surface area contributed by atoms with E-state index in [0.29, 0.717) is 19.3 Å². The Bertz CT molecular complexity index is 1460. The second-order valence-electron chi connectivity index (χ2n) is 19.2. The van der Waals surface area contributed by atoms with Gasteiger partial charge in [0.05, 0.1) is 0 Å². The summed E-state index contributed by atoms with van der Waals surface area (Å²) in [6.45, 7) is 6.37. The van der Waals surface area contributed by atoms with Gasteiger partial charge >= 0.3 is 17.9 Å². The molecule has 0 rings (SSSR count). The molecule has 6 nitrogen and oxygen atoms in total. The van der Waals surface area contributed by atoms with Crippen molar-refractivity contribution in [3.8, 4) is 0 Å². The maximum Gasteiger partial charge on any atom is 0.306 e. The second-order valence-corrected chi connectivity index (χ2v) is 19.2. The zero-order valence-electron chi connectivity index (χ0n) is 46.2. The highest BCUT2D eigenvalue weighted by Gasteiger charge is 2.19. The molecule has 0 N–H and O–H groups in total. The van der Waals surface area contributed by atoms with E-state index >= 15 is 0 Å². The smallest absolute Gasteiger partial charge is 0.306 e. The summed E-state index contributed by atoms with van der Waals surface area (Å²) in [6, 6.07) is 0. The molecule has 0 aromatic carbocycles. The normalized spacial score (nSPS) is 12.9. The first-order valence-electron chi connectivity index (χ1n) is 29.4. The van der Waals surface area contributed by atoms with Crippen LogP contribution in [-0.4, -0.2) is 37.2 Å². The molecule has 71 heavy (non-hydrogen) atoms. The van der Waals surface area contributed by atoms with E-state index in [1.54, 1.807) is 0 Å². The van der Waals surface area contributed by atoms with Crippen LogP contribution in [0.25, 0.3) is 0 Å². The lowest BCUT2D eigenvalue weighted by molar-refractivity contribution is -0.167. The summed E-state index contributed by atoms with van der Waals surface area (Å²) in [6.07, 6.45) is 79.4. The number of esters is 3. The molecule has 0 aliphatic carbocycles. The zero-order chi connectivity index (χ0) is 51.4. The van der Waals surface area contributed by atoms with Crippen molar-refractivity contribution < 1.29 is 28.6 Å². The van der Waals surface area contributed by atoms with Gasteiger partial charge in [-0.2, -0.15) is 0 Å². The fourth-order valence-electron chi connectivity index (χ4n) is 7.84. The van der Waals surface area contributed by atoms with Gasteiger partial charge in [-0.3, -0.25) is 14.4 Å². The van der Waals surface area contributed by atoms with Crippen molar-refractivity contribution in [3.63, 3.8) is 0 Å². The topological polar surface area (TPSA) is 78.9 Å². The van der Waals surface area contributed by atoms with Gasteiger partial charge in [-0.25, -0.2) is 0 Å². The molecule has 0 saturated carbocycles. The van der Waals surface area contributed by atoms with Crippen molar-refractivity contribution in [1.82, 2.24) is 0 Å². The Labute approximate surface area is 438 Å². The minimum absolute atomic E-state index is 0.0907. The summed E-state index contributed by atoms with van der Waals surface area (Å²) >= 11 is 0. The Balaban J connectivity index is 4.28. The van der Waals surface area contributed by atoms with Crippen molar-refractivity contribution >= 4 is 17.9 Å². The Hall–Kier alpha value is -3.93. The zero-order valence-corrected chi connectivity index (χ0v) is 46.2. The van der Waals surface area contributed by atoms with Gasteiger partial charge in [0, 0.05) is 19.3 Å². The SMILES string of the molecule is CC/C=C\C/C=C\C/C=C\C/C=C\C/C=C\CCCCCCCCCCCCCC(=O)OCC(COC(=O)CCCCCCC/C=C\C/C=C\CCC)OC(=O)CCCCCCC/C=C\C/C=C\CCC. The van der Waals surface area contributed by atoms with Gasteiger partial charge in [0.1, 0.15) is 13.2 Å². The highest BCUT2D eigenvalue weighted by molar-refractivity contribution is 5.71. The molecule has 0 saturated heterocycles. The summed E-state index contributed by atoms with van der Waals surface area (Å²) in [5.41, 5.74) is 0. The number of allylic oxidation sites excluding steroid dienone is 18. The van der Waals surface area contributed by atoms with E-state index in [1.165, 1.54) is 70.6 Å². The minimum Gasteiger partial charge on any atom is -0.462 e. The first-order valence-corrected chi connectivity index (χ1v) is 29.4. The Morgan fingerprint density at radius 1 is 0.296 bits per heavy atom. The number of hydrogen-bond acceptors (Lipinski definition) is 6. The lowest BCUT2D eigenvalue weighted by Gasteiger charge is -2.18. The summed E-state index contributed by atoms with van der Waals surface area (Å²) in [7, 11) is 0. The molecule has 0 amide bonds. The largest absolute Gasteiger partial charge is 0.462 e. The second kappa shape index (κ2) is 58.6. The number of carbonyl (C=O) groups excluding carboxylic acids is 3. The van der Waals surface area contributed by atoms with Crippen molar-refractivity contribution in [1.29, 1.82) is 0 Å². The van der Waals surface area contributed by atoms with Gasteiger partial charge in [0.2, 0.25) is 0 Å². The third-order valence-corrected chi connectivity index (χ3v) is 12.2. The third kappa shape index (κ3) is 56.9. The van der Waals surface area contributed by atoms with E-state index in [9.17, 15) is 14.4 Å². The first kappa shape index (κ1) is 67.1. The average molecular weight is 986 g/mol. The predicted octanol–water partition coefficient (Wildman–Crippen LogP) is 19.9. The molecule has 0 aromatic heterocycles. The first-order chi connectivity index (χ1) is 35.0. The third-order valence-electron chi connectivity index (χ3n) is 12.2. The van der Waals surface area contributed by atoms with Crippen molar-refractivity contribution in [3.05, 3.63) is 109 Å². The molecule has 1 atom stereocenters. The van der Waals surface area contributed by atoms with Crippen LogP contribution in [0.1, 0.15) is 265 Å². The van der Waals surface area contributed by atoms with E-state index in [1.807, 2.05) is 0 Å². The maximum absolute atomic E-state index is 12.8. The van der Waals surface area contributed by atoms with Crippen LogP contribution < -0.4 is 0 Å². The average Bonchev–Trinajstić information content (AvgIpc) is 3.37. The van der Waals surface area contributed by atoms with E-state index in [2.05, 4.69) is 130 Å². The maximum atomic E-state index is 12.8. The quantitative estimate of drug-likeness (QED) is 0.0261. The highest BCUT2D eigenvalue weighted by atomic mass is 16.6. The highest BCUT2D eigenvalue weighted by Crippen LogP contribution is 2.15. The van der Waals surface area contributed by atoms with Crippen LogP contribution in [0, 0.1) is 0 Å². The van der Waals surface area contributed by atoms with Gasteiger partial charge in [-0.05, 0) is 116 Å². The molecule has 0 aromatic rings. The summed E-state index contributed by atoms with van der Waals surface area (Å²) in [5, 5.41) is 0. The lowest BCUT2D eigenvalue weighted by Crippen LogP contribution is -2.30. The van der Waals surface area contributed by atoms with Crippen LogP contribution in [0.4, 0.5) is 0 Å². The molecule has 404 valence electrons. The lowest BCUT2D eigenvalue weighted by atomic mass is 10.0. The molecule has 0 bridgehead atoms. The van der Waals surface area contributed by atoms with Gasteiger partial charge in [0.15, 0.2) is 6.10 Å². The molecule has 1 unspecified atom stereocenters. The van der Waals surface area contributed by atoms with E-state index < -0.39 is 6.10 Å². The molecule has 0 aliphatic heterocycles. The van der Waals surface area contributed by atoms with E-state index in [-0.39, 0.29) is 31.1 Å². The molecule has 0 heterocycles. The van der Waals surface area contributed by atoms with Gasteiger partial charge in [-0.15, -0.1) is 0 Å². The monoisotopic (exact) mass is 985 g/mol. The number of unbranched alkanes of at least 4 members (excludes halogenated alkanes) is 23. The Morgan fingerprint density at radius 3 is 0.859 bits per heavy atom. The molecule has 0 radical (unpaired) electrons. The van der Waals surface area contributed by atoms with Crippen LogP contribution in [-0.2, 0) is 28.6 Å². The molecule has 0 aliphatic rings. The van der Waals surface area contributed by atoms with Crippen molar-refractivity contribution in [2.45, 2.75) is 271 Å². The van der Waals surface area contributed by atoms with Gasteiger partial charge in [0.25, 0.3) is 0 Å². The van der Waals surface area contributed by atoms with Gasteiger partial charge in [-0.1, -0.05) is 239 Å². The number of hydrogen-bond donors (Lipinski definition) is 0. The Morgan fingerprint density at radius 2 is 0.549 bits per heavy atom. The minimum atomic E-state index is -0.793. The van der Waals surface area contributed by atoms with Crippen LogP contribution in [0.2, 0.25) is 0 Å². The van der Waals surface area contributed by atoms with Gasteiger partial charge < -0.3 is 14.2 Å². The summed E-state index contributed by atoms with van der Waals surface area (Å²) < 4.78 is 16.8. The Kier molecular flexibility index (Phi) is 55.4. The number of rotatable bonds is 52. The summed E-state index contributed by atoms with van der Waals surface area (Å²) in [4.78, 5) is 38.1. The van der Waals surface area contributed by atoms with Crippen LogP contribution in [0.3, 0.4) is 0 Å². The van der Waals surface area contributed by atoms with E-state index in [0.717, 1.165) is 154 Å². The predicted molar refractivity (Wildman–Crippen MR) is 307 cm³/mol. The van der Waals surface area contributed by atoms with E-state index in [4.69, 9.17) is 14.2 Å². The number of carbonyl (C=O) groups is 3. The molecular weight excluding hydrogens is 877 g/mol. The summed E-state index contributed by atoms with van der Waals surface area (Å²) in [5.74, 6) is -0.922. The molecule has 0 fully saturated rings. The van der Waals surface area contributed by atoms with Crippen molar-refractivity contribution in [2.24, 2.45) is 0 Å². The molecular formula is C65H108O6. The molecule has 6 heteroatoms. The standard InChI is InChI=1S/C65H108O6/c1-4-7-10-13-16-19-22-25-26-27-28-29-30-31-32-33-34-35-36-37-38-41-43-46-49-52-55-58-64(67)70-61-62(71-65(68)59-56-53-50-47-44-40-24-21-18-15-12-9-6-3)60-69-63(66)57-54-51-48-45-42-39-23-20-17-14-11-8-5-2/h7,10-12,14-16,19-21,23-26,28-29,31-32,62H,4-6,8-9,13,17-18,22,27,30,33-61H2,1-3H3/b10-7-,14-11-,15-12-,19-16-,23-20-,24-21-,26-25-,29-28-,32-31-. The van der Waals surface area contributed by atoms with Crippen LogP contribution in [0.15, 0.2) is 109 Å². The fraction of sp³-hybridized carbons (Fsp3) is 0.677. The fourth-order valence-corrected chi connectivity index (χ4v) is 7.84.